The number of carboxylic acids is 1. The zero-order chi connectivity index (χ0) is 15.1. The number of aliphatic carboxylic acids is 1. The lowest BCUT2D eigenvalue weighted by atomic mass is 10.1. The van der Waals surface area contributed by atoms with Crippen molar-refractivity contribution in [2.24, 2.45) is 5.92 Å². The summed E-state index contributed by atoms with van der Waals surface area (Å²) in [5.41, 5.74) is 0. The third-order valence-corrected chi connectivity index (χ3v) is 3.59. The van der Waals surface area contributed by atoms with Gasteiger partial charge in [-0.15, -0.1) is 0 Å². The molecule has 0 radical (unpaired) electrons. The van der Waals surface area contributed by atoms with E-state index in [2.05, 4.69) is 11.8 Å². The van der Waals surface area contributed by atoms with Gasteiger partial charge in [0.2, 0.25) is 0 Å². The highest BCUT2D eigenvalue weighted by atomic mass is 16.5. The van der Waals surface area contributed by atoms with Gasteiger partial charge in [-0.1, -0.05) is 6.92 Å². The van der Waals surface area contributed by atoms with Crippen LogP contribution in [0.15, 0.2) is 24.3 Å². The molecule has 1 unspecified atom stereocenters. The zero-order valence-corrected chi connectivity index (χ0v) is 12.5. The van der Waals surface area contributed by atoms with Crippen molar-refractivity contribution in [3.63, 3.8) is 0 Å². The van der Waals surface area contributed by atoms with Gasteiger partial charge in [0, 0.05) is 13.1 Å². The van der Waals surface area contributed by atoms with Crippen LogP contribution in [0.3, 0.4) is 0 Å². The molecule has 0 saturated carbocycles. The molecule has 1 aromatic carbocycles. The molecule has 1 heterocycles. The molecule has 21 heavy (non-hydrogen) atoms. The van der Waals surface area contributed by atoms with Crippen molar-refractivity contribution >= 4 is 5.97 Å². The summed E-state index contributed by atoms with van der Waals surface area (Å²) in [6, 6.07) is 7.60. The van der Waals surface area contributed by atoms with Crippen molar-refractivity contribution in [3.05, 3.63) is 24.3 Å². The van der Waals surface area contributed by atoms with Crippen molar-refractivity contribution < 1.29 is 19.4 Å². The van der Waals surface area contributed by atoms with E-state index in [0.29, 0.717) is 13.2 Å². The van der Waals surface area contributed by atoms with Gasteiger partial charge in [-0.05, 0) is 43.7 Å². The van der Waals surface area contributed by atoms with Gasteiger partial charge in [0.15, 0.2) is 0 Å². The second kappa shape index (κ2) is 7.88. The highest BCUT2D eigenvalue weighted by Gasteiger charge is 2.27. The Hall–Kier alpha value is -1.75. The molecule has 0 spiro atoms. The van der Waals surface area contributed by atoms with E-state index in [1.807, 2.05) is 24.3 Å². The summed E-state index contributed by atoms with van der Waals surface area (Å²) < 4.78 is 11.2. The number of carboxylic acid groups (broad SMARTS) is 1. The molecule has 1 aliphatic rings. The number of carbonyl (C=O) groups is 1. The normalized spacial score (nSPS) is 18.6. The van der Waals surface area contributed by atoms with Crippen LogP contribution in [0.5, 0.6) is 11.5 Å². The molecule has 2 rings (SSSR count). The van der Waals surface area contributed by atoms with E-state index in [1.54, 1.807) is 0 Å². The number of likely N-dealkylation sites (tertiary alicyclic amines) is 1. The maximum atomic E-state index is 10.9. The van der Waals surface area contributed by atoms with Crippen LogP contribution in [0.2, 0.25) is 0 Å². The average molecular weight is 293 g/mol. The first-order chi connectivity index (χ1) is 10.2. The number of rotatable bonds is 8. The van der Waals surface area contributed by atoms with E-state index in [1.165, 1.54) is 0 Å². The first-order valence-electron chi connectivity index (χ1n) is 7.50. The smallest absolute Gasteiger partial charge is 0.307 e. The van der Waals surface area contributed by atoms with E-state index < -0.39 is 5.97 Å². The highest BCUT2D eigenvalue weighted by Crippen LogP contribution is 2.19. The van der Waals surface area contributed by atoms with Crippen LogP contribution in [0, 0.1) is 5.92 Å². The maximum absolute atomic E-state index is 10.9. The second-order valence-corrected chi connectivity index (χ2v) is 5.29. The number of ether oxygens (including phenoxy) is 2. The Labute approximate surface area is 125 Å². The minimum atomic E-state index is -0.693. The molecule has 0 aromatic heterocycles. The topological polar surface area (TPSA) is 59.0 Å². The van der Waals surface area contributed by atoms with Crippen LogP contribution in [0.4, 0.5) is 0 Å². The first-order valence-corrected chi connectivity index (χ1v) is 7.50. The second-order valence-electron chi connectivity index (χ2n) is 5.29. The predicted octanol–water partition coefficient (Wildman–Crippen LogP) is 2.26. The van der Waals surface area contributed by atoms with Crippen LogP contribution in [-0.4, -0.2) is 48.8 Å². The lowest BCUT2D eigenvalue weighted by molar-refractivity contribution is -0.141. The third-order valence-electron chi connectivity index (χ3n) is 3.59. The Bertz CT molecular complexity index is 446. The van der Waals surface area contributed by atoms with Crippen LogP contribution in [0.25, 0.3) is 0 Å². The van der Waals surface area contributed by atoms with Gasteiger partial charge in [0.05, 0.1) is 12.5 Å². The monoisotopic (exact) mass is 293 g/mol. The summed E-state index contributed by atoms with van der Waals surface area (Å²) in [5, 5.41) is 8.95. The van der Waals surface area contributed by atoms with Gasteiger partial charge in [-0.2, -0.15) is 0 Å². The number of nitrogens with zero attached hydrogens (tertiary/aromatic N) is 1. The summed E-state index contributed by atoms with van der Waals surface area (Å²) >= 11 is 0. The fourth-order valence-corrected chi connectivity index (χ4v) is 2.38. The standard InChI is InChI=1S/C16H23NO4/c1-2-10-20-14-3-5-15(6-4-14)21-11-9-17-8-7-13(12-17)16(18)19/h3-6,13H,2,7-12H2,1H3,(H,18,19). The van der Waals surface area contributed by atoms with Crippen LogP contribution < -0.4 is 9.47 Å². The van der Waals surface area contributed by atoms with E-state index in [-0.39, 0.29) is 5.92 Å². The van der Waals surface area contributed by atoms with Crippen molar-refractivity contribution in [2.45, 2.75) is 19.8 Å². The van der Waals surface area contributed by atoms with Gasteiger partial charge in [0.1, 0.15) is 18.1 Å². The van der Waals surface area contributed by atoms with Crippen molar-refractivity contribution in [1.29, 1.82) is 0 Å². The fraction of sp³-hybridized carbons (Fsp3) is 0.562. The molecular formula is C16H23NO4. The van der Waals surface area contributed by atoms with Crippen LogP contribution in [0.1, 0.15) is 19.8 Å². The Morgan fingerprint density at radius 3 is 2.38 bits per heavy atom. The Morgan fingerprint density at radius 2 is 1.86 bits per heavy atom. The van der Waals surface area contributed by atoms with E-state index in [4.69, 9.17) is 14.6 Å². The minimum absolute atomic E-state index is 0.222. The van der Waals surface area contributed by atoms with E-state index in [0.717, 1.165) is 44.0 Å². The highest BCUT2D eigenvalue weighted by molar-refractivity contribution is 5.70. The molecule has 0 aliphatic carbocycles. The summed E-state index contributed by atoms with van der Waals surface area (Å²) in [6.45, 7) is 5.59. The fourth-order valence-electron chi connectivity index (χ4n) is 2.38. The quantitative estimate of drug-likeness (QED) is 0.796. The molecule has 1 atom stereocenters. The summed E-state index contributed by atoms with van der Waals surface area (Å²) in [6.07, 6.45) is 1.73. The van der Waals surface area contributed by atoms with E-state index in [9.17, 15) is 4.79 Å². The predicted molar refractivity (Wildman–Crippen MR) is 79.9 cm³/mol. The third kappa shape index (κ3) is 4.93. The van der Waals surface area contributed by atoms with Gasteiger partial charge in [-0.3, -0.25) is 9.69 Å². The van der Waals surface area contributed by atoms with Crippen molar-refractivity contribution in [2.75, 3.05) is 32.8 Å². The maximum Gasteiger partial charge on any atom is 0.307 e. The van der Waals surface area contributed by atoms with Crippen LogP contribution in [-0.2, 0) is 4.79 Å². The molecule has 1 N–H and O–H groups in total. The summed E-state index contributed by atoms with van der Waals surface area (Å²) in [7, 11) is 0. The van der Waals surface area contributed by atoms with Crippen molar-refractivity contribution in [3.8, 4) is 11.5 Å². The average Bonchev–Trinajstić information content (AvgIpc) is 2.95. The lowest BCUT2D eigenvalue weighted by Crippen LogP contribution is -2.27. The SMILES string of the molecule is CCCOc1ccc(OCCN2CCC(C(=O)O)C2)cc1. The minimum Gasteiger partial charge on any atom is -0.494 e. The largest absolute Gasteiger partial charge is 0.494 e. The van der Waals surface area contributed by atoms with Gasteiger partial charge in [0.25, 0.3) is 0 Å². The van der Waals surface area contributed by atoms with Gasteiger partial charge in [-0.25, -0.2) is 0 Å². The Kier molecular flexibility index (Phi) is 5.87. The lowest BCUT2D eigenvalue weighted by Gasteiger charge is -2.15. The van der Waals surface area contributed by atoms with Gasteiger partial charge < -0.3 is 14.6 Å². The molecule has 1 aliphatic heterocycles. The Morgan fingerprint density at radius 1 is 1.24 bits per heavy atom. The molecule has 0 bridgehead atoms. The van der Waals surface area contributed by atoms with Crippen LogP contribution >= 0.6 is 0 Å². The molecule has 0 amide bonds. The van der Waals surface area contributed by atoms with Gasteiger partial charge >= 0.3 is 5.97 Å². The van der Waals surface area contributed by atoms with Crippen molar-refractivity contribution in [1.82, 2.24) is 4.90 Å². The number of benzene rings is 1. The Balaban J connectivity index is 1.68. The molecule has 5 nitrogen and oxygen atoms in total. The molecule has 5 heteroatoms. The molecule has 1 saturated heterocycles. The molecule has 1 aromatic rings. The molecule has 1 fully saturated rings. The molecular weight excluding hydrogens is 270 g/mol. The van der Waals surface area contributed by atoms with E-state index >= 15 is 0 Å². The number of hydrogen-bond donors (Lipinski definition) is 1. The molecule has 116 valence electrons. The first kappa shape index (κ1) is 15.6. The number of hydrogen-bond acceptors (Lipinski definition) is 4. The zero-order valence-electron chi connectivity index (χ0n) is 12.5. The summed E-state index contributed by atoms with van der Waals surface area (Å²) in [5.74, 6) is 0.752. The summed E-state index contributed by atoms with van der Waals surface area (Å²) in [4.78, 5) is 13.0.